The van der Waals surface area contributed by atoms with Gasteiger partial charge in [0.05, 0.1) is 5.92 Å². The van der Waals surface area contributed by atoms with Gasteiger partial charge >= 0.3 is 6.18 Å². The van der Waals surface area contributed by atoms with Gasteiger partial charge in [0.1, 0.15) is 5.69 Å². The van der Waals surface area contributed by atoms with Gasteiger partial charge in [-0.1, -0.05) is 6.42 Å². The SMILES string of the molecule is Cc1c(C(=O)N[C@H]2CCC[C@@H](C(F)(F)F)C2)[nH]c2c1C(=O)CCC2. The molecule has 2 aliphatic carbocycles. The lowest BCUT2D eigenvalue weighted by Crippen LogP contribution is -2.41. The van der Waals surface area contributed by atoms with Gasteiger partial charge in [0.15, 0.2) is 5.78 Å². The minimum atomic E-state index is -4.21. The van der Waals surface area contributed by atoms with E-state index in [9.17, 15) is 22.8 Å². The summed E-state index contributed by atoms with van der Waals surface area (Å²) in [6.07, 6.45) is -1.21. The zero-order chi connectivity index (χ0) is 17.5. The van der Waals surface area contributed by atoms with Crippen LogP contribution in [-0.4, -0.2) is 28.9 Å². The highest BCUT2D eigenvalue weighted by molar-refractivity contribution is 6.04. The van der Waals surface area contributed by atoms with Crippen molar-refractivity contribution in [2.24, 2.45) is 5.92 Å². The summed E-state index contributed by atoms with van der Waals surface area (Å²) in [7, 11) is 0. The second-order valence-electron chi connectivity index (χ2n) is 6.83. The number of aromatic amines is 1. The molecule has 1 saturated carbocycles. The van der Waals surface area contributed by atoms with Crippen molar-refractivity contribution < 1.29 is 22.8 Å². The summed E-state index contributed by atoms with van der Waals surface area (Å²) in [5, 5.41) is 2.72. The highest BCUT2D eigenvalue weighted by atomic mass is 19.4. The summed E-state index contributed by atoms with van der Waals surface area (Å²) in [6, 6.07) is -0.478. The predicted octanol–water partition coefficient (Wildman–Crippen LogP) is 3.69. The second kappa shape index (κ2) is 6.26. The van der Waals surface area contributed by atoms with Crippen LogP contribution in [0.5, 0.6) is 0 Å². The molecular formula is C17H21F3N2O2. The summed E-state index contributed by atoms with van der Waals surface area (Å²) >= 11 is 0. The quantitative estimate of drug-likeness (QED) is 0.861. The summed E-state index contributed by atoms with van der Waals surface area (Å²) in [5.41, 5.74) is 2.27. The minimum absolute atomic E-state index is 0.0267. The van der Waals surface area contributed by atoms with Crippen LogP contribution in [0.4, 0.5) is 13.2 Å². The average Bonchev–Trinajstić information content (AvgIpc) is 2.85. The van der Waals surface area contributed by atoms with E-state index < -0.39 is 24.0 Å². The molecule has 1 fully saturated rings. The van der Waals surface area contributed by atoms with Gasteiger partial charge in [0.2, 0.25) is 0 Å². The molecular weight excluding hydrogens is 321 g/mol. The molecule has 2 N–H and O–H groups in total. The number of aromatic nitrogens is 1. The Labute approximate surface area is 138 Å². The number of hydrogen-bond donors (Lipinski definition) is 2. The first kappa shape index (κ1) is 17.0. The third-order valence-corrected chi connectivity index (χ3v) is 5.14. The normalized spacial score (nSPS) is 24.6. The number of fused-ring (bicyclic) bond motifs is 1. The highest BCUT2D eigenvalue weighted by Gasteiger charge is 2.42. The number of alkyl halides is 3. The molecule has 132 valence electrons. The Bertz CT molecular complexity index is 664. The van der Waals surface area contributed by atoms with E-state index in [4.69, 9.17) is 0 Å². The molecule has 1 aromatic heterocycles. The van der Waals surface area contributed by atoms with E-state index in [0.29, 0.717) is 36.1 Å². The zero-order valence-electron chi connectivity index (χ0n) is 13.6. The molecule has 0 bridgehead atoms. The molecule has 1 heterocycles. The van der Waals surface area contributed by atoms with Crippen molar-refractivity contribution >= 4 is 11.7 Å². The lowest BCUT2D eigenvalue weighted by Gasteiger charge is -2.31. The Morgan fingerprint density at radius 1 is 1.21 bits per heavy atom. The van der Waals surface area contributed by atoms with Gasteiger partial charge in [-0.05, 0) is 44.6 Å². The van der Waals surface area contributed by atoms with Gasteiger partial charge < -0.3 is 10.3 Å². The molecule has 7 heteroatoms. The van der Waals surface area contributed by atoms with Crippen molar-refractivity contribution in [1.29, 1.82) is 0 Å². The summed E-state index contributed by atoms with van der Waals surface area (Å²) in [4.78, 5) is 27.5. The smallest absolute Gasteiger partial charge is 0.354 e. The van der Waals surface area contributed by atoms with Gasteiger partial charge in [-0.15, -0.1) is 0 Å². The highest BCUT2D eigenvalue weighted by Crippen LogP contribution is 2.37. The van der Waals surface area contributed by atoms with Crippen LogP contribution in [0.1, 0.15) is 70.6 Å². The molecule has 3 rings (SSSR count). The maximum atomic E-state index is 12.9. The fourth-order valence-corrected chi connectivity index (χ4v) is 3.88. The maximum absolute atomic E-state index is 12.9. The van der Waals surface area contributed by atoms with Gasteiger partial charge in [0, 0.05) is 23.7 Å². The summed E-state index contributed by atoms with van der Waals surface area (Å²) in [5.74, 6) is -1.74. The molecule has 2 aliphatic rings. The van der Waals surface area contributed by atoms with Crippen molar-refractivity contribution in [2.75, 3.05) is 0 Å². The largest absolute Gasteiger partial charge is 0.391 e. The zero-order valence-corrected chi connectivity index (χ0v) is 13.6. The van der Waals surface area contributed by atoms with Gasteiger partial charge in [-0.2, -0.15) is 13.2 Å². The number of H-pyrrole nitrogens is 1. The van der Waals surface area contributed by atoms with Crippen LogP contribution in [0.15, 0.2) is 0 Å². The molecule has 0 spiro atoms. The van der Waals surface area contributed by atoms with E-state index in [1.165, 1.54) is 0 Å². The number of Topliss-reactive ketones (excluding diaryl/α,β-unsaturated/α-hetero) is 1. The minimum Gasteiger partial charge on any atom is -0.354 e. The molecule has 24 heavy (non-hydrogen) atoms. The number of rotatable bonds is 2. The third kappa shape index (κ3) is 3.21. The van der Waals surface area contributed by atoms with E-state index in [1.807, 2.05) is 0 Å². The molecule has 1 aromatic rings. The molecule has 0 aliphatic heterocycles. The van der Waals surface area contributed by atoms with Crippen LogP contribution in [0.2, 0.25) is 0 Å². The number of ketones is 1. The number of hydrogen-bond acceptors (Lipinski definition) is 2. The average molecular weight is 342 g/mol. The fourth-order valence-electron chi connectivity index (χ4n) is 3.88. The Morgan fingerprint density at radius 2 is 1.96 bits per heavy atom. The van der Waals surface area contributed by atoms with Crippen molar-refractivity contribution in [3.05, 3.63) is 22.5 Å². The second-order valence-corrected chi connectivity index (χ2v) is 6.83. The van der Waals surface area contributed by atoms with E-state index in [0.717, 1.165) is 18.5 Å². The monoisotopic (exact) mass is 342 g/mol. The van der Waals surface area contributed by atoms with E-state index >= 15 is 0 Å². The molecule has 0 radical (unpaired) electrons. The number of carbonyl (C=O) groups excluding carboxylic acids is 2. The fraction of sp³-hybridized carbons (Fsp3) is 0.647. The van der Waals surface area contributed by atoms with Gasteiger partial charge in [-0.3, -0.25) is 9.59 Å². The maximum Gasteiger partial charge on any atom is 0.391 e. The van der Waals surface area contributed by atoms with Crippen molar-refractivity contribution in [3.63, 3.8) is 0 Å². The van der Waals surface area contributed by atoms with E-state index in [1.54, 1.807) is 6.92 Å². The summed E-state index contributed by atoms with van der Waals surface area (Å²) in [6.45, 7) is 1.72. The van der Waals surface area contributed by atoms with Crippen LogP contribution in [0.25, 0.3) is 0 Å². The van der Waals surface area contributed by atoms with Crippen LogP contribution in [0.3, 0.4) is 0 Å². The first-order valence-corrected chi connectivity index (χ1v) is 8.39. The number of halogens is 3. The van der Waals surface area contributed by atoms with Crippen LogP contribution in [0, 0.1) is 12.8 Å². The van der Waals surface area contributed by atoms with E-state index in [2.05, 4.69) is 10.3 Å². The first-order valence-electron chi connectivity index (χ1n) is 8.39. The topological polar surface area (TPSA) is 62.0 Å². The van der Waals surface area contributed by atoms with Crippen molar-refractivity contribution in [3.8, 4) is 0 Å². The molecule has 1 amide bonds. The van der Waals surface area contributed by atoms with Crippen LogP contribution >= 0.6 is 0 Å². The third-order valence-electron chi connectivity index (χ3n) is 5.14. The lowest BCUT2D eigenvalue weighted by atomic mass is 9.85. The van der Waals surface area contributed by atoms with Gasteiger partial charge in [0.25, 0.3) is 5.91 Å². The Balaban J connectivity index is 1.73. The molecule has 0 aromatic carbocycles. The van der Waals surface area contributed by atoms with Crippen molar-refractivity contribution in [1.82, 2.24) is 10.3 Å². The van der Waals surface area contributed by atoms with Crippen LogP contribution < -0.4 is 5.32 Å². The standard InChI is InChI=1S/C17H21F3N2O2/c1-9-14-12(6-3-7-13(14)23)22-15(9)16(24)21-11-5-2-4-10(8-11)17(18,19)20/h10-11,22H,2-8H2,1H3,(H,21,24)/t10-,11+/m1/s1. The number of nitrogens with one attached hydrogen (secondary N) is 2. The molecule has 4 nitrogen and oxygen atoms in total. The van der Waals surface area contributed by atoms with Crippen molar-refractivity contribution in [2.45, 2.75) is 64.1 Å². The first-order chi connectivity index (χ1) is 11.3. The van der Waals surface area contributed by atoms with E-state index in [-0.39, 0.29) is 18.6 Å². The Morgan fingerprint density at radius 3 is 2.62 bits per heavy atom. The molecule has 0 saturated heterocycles. The summed E-state index contributed by atoms with van der Waals surface area (Å²) < 4.78 is 38.6. The predicted molar refractivity (Wildman–Crippen MR) is 82.1 cm³/mol. The number of carbonyl (C=O) groups is 2. The molecule has 2 atom stereocenters. The van der Waals surface area contributed by atoms with Crippen LogP contribution in [-0.2, 0) is 6.42 Å². The number of amides is 1. The Hall–Kier alpha value is -1.79. The van der Waals surface area contributed by atoms with Gasteiger partial charge in [-0.25, -0.2) is 0 Å². The molecule has 0 unspecified atom stereocenters. The lowest BCUT2D eigenvalue weighted by molar-refractivity contribution is -0.183. The Kier molecular flexibility index (Phi) is 4.44. The number of aryl methyl sites for hydroxylation is 1.